The van der Waals surface area contributed by atoms with Gasteiger partial charge in [0.2, 0.25) is 47.3 Å². The molecule has 0 heterocycles. The molecule has 0 fully saturated rings. The number of alkyl halides is 9. The molecule has 11 amide bonds. The van der Waals surface area contributed by atoms with Crippen LogP contribution in [0.3, 0.4) is 0 Å². The van der Waals surface area contributed by atoms with Crippen LogP contribution >= 0.6 is 0 Å². The van der Waals surface area contributed by atoms with Crippen molar-refractivity contribution >= 4 is 70.8 Å². The van der Waals surface area contributed by atoms with Crippen molar-refractivity contribution in [2.24, 2.45) is 10.8 Å². The van der Waals surface area contributed by atoms with Gasteiger partial charge in [-0.1, -0.05) is 41.5 Å². The molecule has 7 atom stereocenters. The summed E-state index contributed by atoms with van der Waals surface area (Å²) >= 11 is 0. The smallest absolute Gasteiger partial charge is 0.356 e. The molecule has 0 saturated heterocycles. The van der Waals surface area contributed by atoms with Gasteiger partial charge in [0, 0.05) is 44.9 Å². The van der Waals surface area contributed by atoms with Crippen molar-refractivity contribution in [1.82, 2.24) is 58.5 Å². The quantitative estimate of drug-likeness (QED) is 0.0322. The maximum absolute atomic E-state index is 14.1. The lowest BCUT2D eigenvalue weighted by atomic mass is 9.84. The van der Waals surface area contributed by atoms with E-state index in [4.69, 9.17) is 0 Å². The van der Waals surface area contributed by atoms with Crippen LogP contribution in [0.1, 0.15) is 153 Å². The van der Waals surface area contributed by atoms with Gasteiger partial charge in [0.25, 0.3) is 0 Å². The number of amides is 11. The fourth-order valence-corrected chi connectivity index (χ4v) is 7.42. The lowest BCUT2D eigenvalue weighted by molar-refractivity contribution is -0.173. The Kier molecular flexibility index (Phi) is 32.5. The van der Waals surface area contributed by atoms with Gasteiger partial charge in [-0.2, -0.15) is 39.5 Å². The van der Waals surface area contributed by atoms with Gasteiger partial charge in [0.15, 0.2) is 5.78 Å². The number of nitrogens with one attached hydrogen (secondary N) is 11. The standard InChI is InChI=1S/C51H82F9N11O12/c1-28(66-41(78)33(68-36(73)27-47(5,6)7)20-12-16-24-62-44(81)49(52,53)54)38(75)65-29(2)40(77)70-35(22-14-18-26-64-46(83)51(58,59)60)43(80)71-34(21-13-17-25-63-45(82)50(55,56)57)42(79)67-30(3)39(76)69-32(37(74)48(8,9)10)19-11-15-23-61-31(4)72/h28-30,32-35H,11-27H2,1-10H3,(H,61,72)(H,62,81)(H,63,82)(H,64,83)(H,65,75)(H,66,78)(H,67,79)(H,68,73)(H,69,76)(H,70,77)(H,71,80). The van der Waals surface area contributed by atoms with E-state index in [1.54, 1.807) is 57.5 Å². The van der Waals surface area contributed by atoms with Crippen molar-refractivity contribution in [3.63, 3.8) is 0 Å². The molecule has 0 aliphatic rings. The number of carbonyl (C=O) groups is 12. The molecule has 83 heavy (non-hydrogen) atoms. The molecule has 11 N–H and O–H groups in total. The molecule has 0 radical (unpaired) electrons. The van der Waals surface area contributed by atoms with Crippen molar-refractivity contribution in [3.05, 3.63) is 0 Å². The predicted octanol–water partition coefficient (Wildman–Crippen LogP) is 2.34. The number of unbranched alkanes of at least 4 members (excludes halogenated alkanes) is 4. The van der Waals surface area contributed by atoms with E-state index in [1.807, 2.05) is 0 Å². The van der Waals surface area contributed by atoms with Gasteiger partial charge in [0.05, 0.1) is 6.04 Å². The zero-order chi connectivity index (χ0) is 64.3. The molecule has 0 bridgehead atoms. The van der Waals surface area contributed by atoms with Gasteiger partial charge in [-0.15, -0.1) is 0 Å². The largest absolute Gasteiger partial charge is 0.471 e. The zero-order valence-electron chi connectivity index (χ0n) is 48.4. The first-order valence-corrected chi connectivity index (χ1v) is 26.9. The van der Waals surface area contributed by atoms with Crippen molar-refractivity contribution in [1.29, 1.82) is 0 Å². The highest BCUT2D eigenvalue weighted by molar-refractivity contribution is 5.98. The summed E-state index contributed by atoms with van der Waals surface area (Å²) in [5.74, 6) is -14.0. The van der Waals surface area contributed by atoms with Gasteiger partial charge in [-0.05, 0) is 103 Å². The summed E-state index contributed by atoms with van der Waals surface area (Å²) in [6, 6.07) is -10.1. The van der Waals surface area contributed by atoms with Gasteiger partial charge < -0.3 is 58.5 Å². The summed E-state index contributed by atoms with van der Waals surface area (Å²) in [5, 5.41) is 24.5. The Morgan fingerprint density at radius 2 is 0.614 bits per heavy atom. The van der Waals surface area contributed by atoms with E-state index in [-0.39, 0.29) is 82.4 Å². The minimum atomic E-state index is -5.23. The Hall–Kier alpha value is -6.79. The summed E-state index contributed by atoms with van der Waals surface area (Å²) < 4.78 is 115. The second kappa shape index (κ2) is 35.4. The molecule has 23 nitrogen and oxygen atoms in total. The van der Waals surface area contributed by atoms with Crippen molar-refractivity contribution in [2.75, 3.05) is 26.2 Å². The third kappa shape index (κ3) is 33.2. The molecule has 0 aliphatic heterocycles. The summed E-state index contributed by atoms with van der Waals surface area (Å²) in [4.78, 5) is 154. The number of rotatable bonds is 35. The van der Waals surface area contributed by atoms with Gasteiger partial charge in [-0.3, -0.25) is 57.5 Å². The molecule has 0 aromatic rings. The topological polar surface area (TPSA) is 337 Å². The lowest BCUT2D eigenvalue weighted by Crippen LogP contribution is -2.59. The van der Waals surface area contributed by atoms with Crippen LogP contribution in [0.25, 0.3) is 0 Å². The number of ketones is 1. The third-order valence-electron chi connectivity index (χ3n) is 11.9. The van der Waals surface area contributed by atoms with E-state index >= 15 is 0 Å². The monoisotopic (exact) mass is 1210 g/mol. The molecular formula is C51H82F9N11O12. The summed E-state index contributed by atoms with van der Waals surface area (Å²) in [6.07, 6.45) is -16.4. The highest BCUT2D eigenvalue weighted by Gasteiger charge is 2.40. The first kappa shape index (κ1) is 76.2. The highest BCUT2D eigenvalue weighted by atomic mass is 19.4. The maximum atomic E-state index is 14.1. The molecular weight excluding hydrogens is 1130 g/mol. The summed E-state index contributed by atoms with van der Waals surface area (Å²) in [7, 11) is 0. The fourth-order valence-electron chi connectivity index (χ4n) is 7.42. The van der Waals surface area contributed by atoms with E-state index in [0.717, 1.165) is 6.92 Å². The first-order valence-electron chi connectivity index (χ1n) is 26.9. The number of hydrogen-bond donors (Lipinski definition) is 11. The Labute approximate surface area is 475 Å². The van der Waals surface area contributed by atoms with Crippen LogP contribution < -0.4 is 58.5 Å². The number of halogens is 9. The maximum Gasteiger partial charge on any atom is 0.471 e. The van der Waals surface area contributed by atoms with Gasteiger partial charge in [-0.25, -0.2) is 0 Å². The van der Waals surface area contributed by atoms with E-state index in [1.165, 1.54) is 20.8 Å². The van der Waals surface area contributed by atoms with Crippen LogP contribution in [0.2, 0.25) is 0 Å². The first-order chi connectivity index (χ1) is 38.0. The van der Waals surface area contributed by atoms with E-state index in [2.05, 4.69) is 42.5 Å². The lowest BCUT2D eigenvalue weighted by Gasteiger charge is -2.28. The van der Waals surface area contributed by atoms with Crippen LogP contribution in [0.4, 0.5) is 39.5 Å². The van der Waals surface area contributed by atoms with E-state index in [0.29, 0.717) is 12.8 Å². The SMILES string of the molecule is CC(=O)NCCCCC(NC(=O)C(C)NC(=O)C(CCCCNC(=O)C(F)(F)F)NC(=O)C(CCCCNC(=O)C(F)(F)F)NC(=O)C(C)NC(=O)C(C)NC(=O)C(CCCCNC(=O)C(F)(F)F)NC(=O)CC(C)(C)C)C(=O)C(C)(C)C. The molecule has 0 aromatic heterocycles. The van der Waals surface area contributed by atoms with E-state index in [9.17, 15) is 97.0 Å². The second-order valence-electron chi connectivity index (χ2n) is 22.1. The summed E-state index contributed by atoms with van der Waals surface area (Å²) in [6.45, 7) is 13.7. The average molecular weight is 1210 g/mol. The van der Waals surface area contributed by atoms with Crippen LogP contribution in [0.5, 0.6) is 0 Å². The molecule has 0 saturated carbocycles. The highest BCUT2D eigenvalue weighted by Crippen LogP contribution is 2.21. The van der Waals surface area contributed by atoms with Crippen LogP contribution in [-0.4, -0.2) is 158 Å². The predicted molar refractivity (Wildman–Crippen MR) is 280 cm³/mol. The van der Waals surface area contributed by atoms with Crippen molar-refractivity contribution in [3.8, 4) is 0 Å². The second-order valence-corrected chi connectivity index (χ2v) is 22.1. The molecule has 0 aliphatic carbocycles. The Morgan fingerprint density at radius 1 is 0.349 bits per heavy atom. The molecule has 32 heteroatoms. The van der Waals surface area contributed by atoms with Crippen LogP contribution in [0, 0.1) is 10.8 Å². The van der Waals surface area contributed by atoms with Crippen LogP contribution in [-0.2, 0) is 57.5 Å². The van der Waals surface area contributed by atoms with Crippen LogP contribution in [0.15, 0.2) is 0 Å². The number of hydrogen-bond acceptors (Lipinski definition) is 12. The Balaban J connectivity index is 6.62. The molecule has 0 spiro atoms. The molecule has 476 valence electrons. The number of Topliss-reactive ketones (excluding diaryl/α,β-unsaturated/α-hetero) is 1. The minimum Gasteiger partial charge on any atom is -0.356 e. The molecule has 0 aromatic carbocycles. The fraction of sp³-hybridized carbons (Fsp3) is 0.765. The average Bonchev–Trinajstić information content (AvgIpc) is 3.43. The summed E-state index contributed by atoms with van der Waals surface area (Å²) in [5.41, 5.74) is -1.50. The van der Waals surface area contributed by atoms with Gasteiger partial charge in [0.1, 0.15) is 36.3 Å². The minimum absolute atomic E-state index is 0.0133. The van der Waals surface area contributed by atoms with Gasteiger partial charge >= 0.3 is 36.3 Å². The Morgan fingerprint density at radius 3 is 0.928 bits per heavy atom. The normalized spacial score (nSPS) is 14.5. The van der Waals surface area contributed by atoms with Crippen molar-refractivity contribution < 1.29 is 97.0 Å². The molecule has 0 rings (SSSR count). The molecule has 7 unspecified atom stereocenters. The Bertz CT molecular complexity index is 2220. The third-order valence-corrected chi connectivity index (χ3v) is 11.9. The van der Waals surface area contributed by atoms with E-state index < -0.39 is 157 Å². The number of carbonyl (C=O) groups excluding carboxylic acids is 12. The van der Waals surface area contributed by atoms with Crippen molar-refractivity contribution in [2.45, 2.75) is 214 Å². The zero-order valence-corrected chi connectivity index (χ0v) is 48.4.